The van der Waals surface area contributed by atoms with Gasteiger partial charge in [-0.3, -0.25) is 0 Å². The molecule has 19 heavy (non-hydrogen) atoms. The average Bonchev–Trinajstić information content (AvgIpc) is 2.43. The van der Waals surface area contributed by atoms with Gasteiger partial charge in [-0.1, -0.05) is 15.9 Å². The molecule has 0 aliphatic carbocycles. The normalized spacial score (nSPS) is 12.2. The van der Waals surface area contributed by atoms with Gasteiger partial charge in [0.05, 0.1) is 18.8 Å². The number of rotatable bonds is 4. The van der Waals surface area contributed by atoms with Crippen molar-refractivity contribution in [2.24, 2.45) is 5.73 Å². The molecule has 6 heteroatoms. The number of nitrogens with two attached hydrogens (primary N) is 1. The summed E-state index contributed by atoms with van der Waals surface area (Å²) in [5, 5.41) is 0. The van der Waals surface area contributed by atoms with E-state index in [0.717, 1.165) is 4.47 Å². The summed E-state index contributed by atoms with van der Waals surface area (Å²) in [6.07, 6.45) is 1.73. The number of benzene rings is 1. The van der Waals surface area contributed by atoms with E-state index < -0.39 is 6.04 Å². The largest absolute Gasteiger partial charge is 0.481 e. The smallest absolute Gasteiger partial charge is 0.216 e. The van der Waals surface area contributed by atoms with Crippen LogP contribution in [0.2, 0.25) is 0 Å². The zero-order valence-electron chi connectivity index (χ0n) is 10.3. The predicted octanol–water partition coefficient (Wildman–Crippen LogP) is 2.63. The Kier molecular flexibility index (Phi) is 4.44. The lowest BCUT2D eigenvalue weighted by molar-refractivity contribution is 0.395. The molecule has 100 valence electrons. The minimum Gasteiger partial charge on any atom is -0.481 e. The Morgan fingerprint density at radius 1 is 1.37 bits per heavy atom. The molecule has 1 aromatic heterocycles. The Bertz CT molecular complexity index is 580. The van der Waals surface area contributed by atoms with E-state index in [1.54, 1.807) is 18.2 Å². The Morgan fingerprint density at radius 3 is 2.89 bits per heavy atom. The van der Waals surface area contributed by atoms with E-state index in [1.807, 2.05) is 0 Å². The Hall–Kier alpha value is -1.53. The molecule has 0 spiro atoms. The van der Waals surface area contributed by atoms with Crippen LogP contribution in [0.25, 0.3) is 0 Å². The molecule has 0 saturated heterocycles. The van der Waals surface area contributed by atoms with Crippen LogP contribution in [-0.2, 0) is 6.42 Å². The van der Waals surface area contributed by atoms with Crippen LogP contribution in [0.3, 0.4) is 0 Å². The Labute approximate surface area is 119 Å². The lowest BCUT2D eigenvalue weighted by atomic mass is 10.0. The van der Waals surface area contributed by atoms with Crippen molar-refractivity contribution in [1.82, 2.24) is 9.97 Å². The van der Waals surface area contributed by atoms with Crippen molar-refractivity contribution in [2.45, 2.75) is 12.5 Å². The van der Waals surface area contributed by atoms with Crippen LogP contribution in [0.15, 0.2) is 35.1 Å². The highest BCUT2D eigenvalue weighted by Gasteiger charge is 2.13. The molecule has 1 atom stereocenters. The molecule has 4 nitrogen and oxygen atoms in total. The van der Waals surface area contributed by atoms with E-state index in [1.165, 1.54) is 19.5 Å². The van der Waals surface area contributed by atoms with E-state index in [9.17, 15) is 4.39 Å². The molecule has 1 heterocycles. The Balaban J connectivity index is 2.20. The first kappa shape index (κ1) is 13.9. The molecule has 2 rings (SSSR count). The highest BCUT2D eigenvalue weighted by atomic mass is 79.9. The molecule has 2 aromatic rings. The molecular weight excluding hydrogens is 313 g/mol. The first-order valence-corrected chi connectivity index (χ1v) is 6.45. The van der Waals surface area contributed by atoms with Gasteiger partial charge in [-0.05, 0) is 30.2 Å². The molecular formula is C13H13BrFN3O. The summed E-state index contributed by atoms with van der Waals surface area (Å²) in [6.45, 7) is 0. The lowest BCUT2D eigenvalue weighted by Crippen LogP contribution is -2.16. The fourth-order valence-corrected chi connectivity index (χ4v) is 2.12. The van der Waals surface area contributed by atoms with Gasteiger partial charge >= 0.3 is 0 Å². The predicted molar refractivity (Wildman–Crippen MR) is 73.3 cm³/mol. The Morgan fingerprint density at radius 2 is 2.16 bits per heavy atom. The minimum atomic E-state index is -0.416. The quantitative estimate of drug-likeness (QED) is 0.938. The van der Waals surface area contributed by atoms with E-state index in [4.69, 9.17) is 10.5 Å². The van der Waals surface area contributed by atoms with Crippen molar-refractivity contribution in [1.29, 1.82) is 0 Å². The SMILES string of the molecule is COc1cc(C(N)Cc2cc(Br)ccc2F)ncn1. The van der Waals surface area contributed by atoms with Crippen LogP contribution in [0.1, 0.15) is 17.3 Å². The van der Waals surface area contributed by atoms with E-state index in [2.05, 4.69) is 25.9 Å². The fraction of sp³-hybridized carbons (Fsp3) is 0.231. The summed E-state index contributed by atoms with van der Waals surface area (Å²) >= 11 is 3.31. The van der Waals surface area contributed by atoms with E-state index >= 15 is 0 Å². The van der Waals surface area contributed by atoms with Crippen LogP contribution in [-0.4, -0.2) is 17.1 Å². The third-order valence-electron chi connectivity index (χ3n) is 2.70. The zero-order valence-corrected chi connectivity index (χ0v) is 11.9. The van der Waals surface area contributed by atoms with Crippen molar-refractivity contribution in [3.8, 4) is 5.88 Å². The molecule has 2 N–H and O–H groups in total. The molecule has 1 unspecified atom stereocenters. The van der Waals surface area contributed by atoms with Gasteiger partial charge < -0.3 is 10.5 Å². The van der Waals surface area contributed by atoms with Crippen molar-refractivity contribution in [3.05, 3.63) is 52.1 Å². The fourth-order valence-electron chi connectivity index (χ4n) is 1.71. The maximum absolute atomic E-state index is 13.7. The second-order valence-electron chi connectivity index (χ2n) is 4.03. The van der Waals surface area contributed by atoms with Crippen LogP contribution in [0, 0.1) is 5.82 Å². The summed E-state index contributed by atoms with van der Waals surface area (Å²) in [6, 6.07) is 6.01. The lowest BCUT2D eigenvalue weighted by Gasteiger charge is -2.12. The third-order valence-corrected chi connectivity index (χ3v) is 3.19. The monoisotopic (exact) mass is 325 g/mol. The molecule has 0 saturated carbocycles. The second kappa shape index (κ2) is 6.08. The summed E-state index contributed by atoms with van der Waals surface area (Å²) < 4.78 is 19.5. The van der Waals surface area contributed by atoms with Gasteiger partial charge in [0.25, 0.3) is 0 Å². The molecule has 0 fully saturated rings. The summed E-state index contributed by atoms with van der Waals surface area (Å²) in [7, 11) is 1.52. The number of aromatic nitrogens is 2. The minimum absolute atomic E-state index is 0.278. The second-order valence-corrected chi connectivity index (χ2v) is 4.95. The highest BCUT2D eigenvalue weighted by molar-refractivity contribution is 9.10. The van der Waals surface area contributed by atoms with Crippen LogP contribution >= 0.6 is 15.9 Å². The van der Waals surface area contributed by atoms with Crippen LogP contribution in [0.4, 0.5) is 4.39 Å². The van der Waals surface area contributed by atoms with Gasteiger partial charge in [0.2, 0.25) is 5.88 Å². The molecule has 1 aromatic carbocycles. The van der Waals surface area contributed by atoms with Crippen LogP contribution < -0.4 is 10.5 Å². The summed E-state index contributed by atoms with van der Waals surface area (Å²) in [5.74, 6) is 0.162. The summed E-state index contributed by atoms with van der Waals surface area (Å²) in [4.78, 5) is 7.99. The summed E-state index contributed by atoms with van der Waals surface area (Å²) in [5.41, 5.74) is 7.20. The molecule has 0 aliphatic heterocycles. The van der Waals surface area contributed by atoms with Crippen molar-refractivity contribution >= 4 is 15.9 Å². The van der Waals surface area contributed by atoms with Crippen molar-refractivity contribution in [3.63, 3.8) is 0 Å². The molecule has 0 amide bonds. The van der Waals surface area contributed by atoms with Crippen molar-refractivity contribution in [2.75, 3.05) is 7.11 Å². The number of hydrogen-bond acceptors (Lipinski definition) is 4. The van der Waals surface area contributed by atoms with Gasteiger partial charge in [0, 0.05) is 10.5 Å². The topological polar surface area (TPSA) is 61.0 Å². The first-order valence-electron chi connectivity index (χ1n) is 5.65. The van der Waals surface area contributed by atoms with Gasteiger partial charge in [0.1, 0.15) is 12.1 Å². The number of nitrogens with zero attached hydrogens (tertiary/aromatic N) is 2. The number of ether oxygens (including phenoxy) is 1. The van der Waals surface area contributed by atoms with Crippen molar-refractivity contribution < 1.29 is 9.13 Å². The maximum atomic E-state index is 13.7. The molecule has 0 radical (unpaired) electrons. The number of hydrogen-bond donors (Lipinski definition) is 1. The molecule has 0 aliphatic rings. The molecule has 0 bridgehead atoms. The standard InChI is InChI=1S/C13H13BrFN3O/c1-19-13-6-12(17-7-18-13)11(16)5-8-4-9(14)2-3-10(8)15/h2-4,6-7,11H,5,16H2,1H3. The average molecular weight is 326 g/mol. The number of methoxy groups -OCH3 is 1. The first-order chi connectivity index (χ1) is 9.10. The number of halogens is 2. The van der Waals surface area contributed by atoms with E-state index in [0.29, 0.717) is 23.6 Å². The van der Waals surface area contributed by atoms with Crippen LogP contribution in [0.5, 0.6) is 5.88 Å². The zero-order chi connectivity index (χ0) is 13.8. The highest BCUT2D eigenvalue weighted by Crippen LogP contribution is 2.21. The van der Waals surface area contributed by atoms with Gasteiger partial charge in [-0.15, -0.1) is 0 Å². The van der Waals surface area contributed by atoms with Gasteiger partial charge in [0.15, 0.2) is 0 Å². The maximum Gasteiger partial charge on any atom is 0.216 e. The van der Waals surface area contributed by atoms with Gasteiger partial charge in [-0.2, -0.15) is 0 Å². The van der Waals surface area contributed by atoms with E-state index in [-0.39, 0.29) is 5.82 Å². The third kappa shape index (κ3) is 3.48. The van der Waals surface area contributed by atoms with Gasteiger partial charge in [-0.25, -0.2) is 14.4 Å².